The number of aromatic nitrogens is 3. The summed E-state index contributed by atoms with van der Waals surface area (Å²) in [7, 11) is 0. The molecule has 3 aromatic rings. The molecule has 140 valence electrons. The van der Waals surface area contributed by atoms with Gasteiger partial charge in [-0.2, -0.15) is 0 Å². The molecule has 1 atom stereocenters. The number of nitrogens with zero attached hydrogens (tertiary/aromatic N) is 4. The van der Waals surface area contributed by atoms with E-state index in [2.05, 4.69) is 39.6 Å². The van der Waals surface area contributed by atoms with Crippen molar-refractivity contribution in [2.24, 2.45) is 0 Å². The summed E-state index contributed by atoms with van der Waals surface area (Å²) in [5, 5.41) is 0. The Labute approximate surface area is 159 Å². The van der Waals surface area contributed by atoms with Crippen molar-refractivity contribution in [1.82, 2.24) is 19.4 Å². The van der Waals surface area contributed by atoms with Gasteiger partial charge in [-0.25, -0.2) is 9.37 Å². The molecule has 0 aliphatic carbocycles. The van der Waals surface area contributed by atoms with E-state index in [1.54, 1.807) is 0 Å². The predicted octanol–water partition coefficient (Wildman–Crippen LogP) is 4.37. The lowest BCUT2D eigenvalue weighted by molar-refractivity contribution is 0.235. The molecule has 4 rings (SSSR count). The molecule has 3 heterocycles. The van der Waals surface area contributed by atoms with Gasteiger partial charge in [0.15, 0.2) is 0 Å². The van der Waals surface area contributed by atoms with Gasteiger partial charge in [0.25, 0.3) is 0 Å². The molecule has 4 nitrogen and oxygen atoms in total. The lowest BCUT2D eigenvalue weighted by Gasteiger charge is -2.24. The van der Waals surface area contributed by atoms with E-state index in [0.717, 1.165) is 55.3 Å². The number of imidazole rings is 1. The van der Waals surface area contributed by atoms with Gasteiger partial charge >= 0.3 is 0 Å². The van der Waals surface area contributed by atoms with E-state index < -0.39 is 0 Å². The molecule has 0 unspecified atom stereocenters. The standard InChI is InChI=1S/C22H25FN4/c1-2-26-14-12-24-22(26)16-27-13-4-7-21(27)20-6-3-5-19(25-20)15-17-8-10-18(23)11-9-17/h3,5-6,8-12,14,21H,2,4,7,13,15-16H2,1H3/t21-/m0/s1. The molecule has 0 radical (unpaired) electrons. The van der Waals surface area contributed by atoms with E-state index in [1.807, 2.05) is 24.5 Å². The zero-order valence-corrected chi connectivity index (χ0v) is 15.7. The van der Waals surface area contributed by atoms with Crippen LogP contribution < -0.4 is 0 Å². The summed E-state index contributed by atoms with van der Waals surface area (Å²) in [6, 6.07) is 13.3. The summed E-state index contributed by atoms with van der Waals surface area (Å²) < 4.78 is 15.3. The SMILES string of the molecule is CCn1ccnc1CN1CCC[C@H]1c1cccc(Cc2ccc(F)cc2)n1. The number of aryl methyl sites for hydroxylation is 1. The van der Waals surface area contributed by atoms with Crippen LogP contribution in [0.1, 0.15) is 48.6 Å². The molecule has 1 saturated heterocycles. The molecule has 0 spiro atoms. The van der Waals surface area contributed by atoms with Crippen molar-refractivity contribution in [2.75, 3.05) is 6.54 Å². The summed E-state index contributed by atoms with van der Waals surface area (Å²) in [6.07, 6.45) is 6.95. The fraction of sp³-hybridized carbons (Fsp3) is 0.364. The van der Waals surface area contributed by atoms with Crippen molar-refractivity contribution < 1.29 is 4.39 Å². The van der Waals surface area contributed by atoms with E-state index in [4.69, 9.17) is 4.98 Å². The lowest BCUT2D eigenvalue weighted by Crippen LogP contribution is -2.25. The first-order chi connectivity index (χ1) is 13.2. The zero-order valence-electron chi connectivity index (χ0n) is 15.7. The van der Waals surface area contributed by atoms with Crippen LogP contribution in [0.3, 0.4) is 0 Å². The molecule has 1 aliphatic rings. The summed E-state index contributed by atoms with van der Waals surface area (Å²) in [4.78, 5) is 11.9. The minimum absolute atomic E-state index is 0.201. The number of hydrogen-bond donors (Lipinski definition) is 0. The predicted molar refractivity (Wildman–Crippen MR) is 104 cm³/mol. The Bertz CT molecular complexity index is 887. The Balaban J connectivity index is 1.51. The Morgan fingerprint density at radius 1 is 1.15 bits per heavy atom. The Hall–Kier alpha value is -2.53. The van der Waals surface area contributed by atoms with Gasteiger partial charge in [-0.1, -0.05) is 18.2 Å². The topological polar surface area (TPSA) is 34.0 Å². The van der Waals surface area contributed by atoms with Crippen molar-refractivity contribution in [1.29, 1.82) is 0 Å². The first-order valence-electron chi connectivity index (χ1n) is 9.67. The molecule has 2 aromatic heterocycles. The third kappa shape index (κ3) is 4.08. The first-order valence-corrected chi connectivity index (χ1v) is 9.67. The third-order valence-corrected chi connectivity index (χ3v) is 5.32. The fourth-order valence-electron chi connectivity index (χ4n) is 3.91. The molecule has 1 fully saturated rings. The first kappa shape index (κ1) is 17.9. The highest BCUT2D eigenvalue weighted by Gasteiger charge is 2.28. The lowest BCUT2D eigenvalue weighted by atomic mass is 10.1. The van der Waals surface area contributed by atoms with Crippen LogP contribution >= 0.6 is 0 Å². The second-order valence-electron chi connectivity index (χ2n) is 7.12. The second kappa shape index (κ2) is 8.01. The van der Waals surface area contributed by atoms with E-state index in [0.29, 0.717) is 6.04 Å². The van der Waals surface area contributed by atoms with Gasteiger partial charge in [0.1, 0.15) is 11.6 Å². The summed E-state index contributed by atoms with van der Waals surface area (Å²) in [5.74, 6) is 0.916. The number of hydrogen-bond acceptors (Lipinski definition) is 3. The largest absolute Gasteiger partial charge is 0.334 e. The third-order valence-electron chi connectivity index (χ3n) is 5.32. The molecule has 1 aliphatic heterocycles. The molecule has 5 heteroatoms. The molecule has 0 N–H and O–H groups in total. The molecule has 0 bridgehead atoms. The molecular formula is C22H25FN4. The van der Waals surface area contributed by atoms with E-state index in [-0.39, 0.29) is 5.82 Å². The zero-order chi connectivity index (χ0) is 18.6. The van der Waals surface area contributed by atoms with Crippen molar-refractivity contribution in [3.8, 4) is 0 Å². The number of benzene rings is 1. The Morgan fingerprint density at radius 2 is 2.00 bits per heavy atom. The maximum Gasteiger partial charge on any atom is 0.123 e. The average molecular weight is 364 g/mol. The van der Waals surface area contributed by atoms with E-state index in [1.165, 1.54) is 18.6 Å². The minimum atomic E-state index is -0.201. The van der Waals surface area contributed by atoms with Crippen LogP contribution in [0.2, 0.25) is 0 Å². The number of likely N-dealkylation sites (tertiary alicyclic amines) is 1. The molecule has 0 amide bonds. The highest BCUT2D eigenvalue weighted by atomic mass is 19.1. The monoisotopic (exact) mass is 364 g/mol. The summed E-state index contributed by atoms with van der Waals surface area (Å²) in [6.45, 7) is 5.02. The summed E-state index contributed by atoms with van der Waals surface area (Å²) in [5.41, 5.74) is 3.23. The van der Waals surface area contributed by atoms with Crippen molar-refractivity contribution in [3.05, 3.63) is 83.5 Å². The van der Waals surface area contributed by atoms with Crippen LogP contribution in [-0.2, 0) is 19.5 Å². The molecule has 0 saturated carbocycles. The maximum atomic E-state index is 13.1. The van der Waals surface area contributed by atoms with Gasteiger partial charge in [-0.15, -0.1) is 0 Å². The minimum Gasteiger partial charge on any atom is -0.334 e. The quantitative estimate of drug-likeness (QED) is 0.651. The molecule has 27 heavy (non-hydrogen) atoms. The van der Waals surface area contributed by atoms with Crippen LogP contribution in [0.5, 0.6) is 0 Å². The Kier molecular flexibility index (Phi) is 5.30. The normalized spacial score (nSPS) is 17.5. The van der Waals surface area contributed by atoms with Gasteiger partial charge in [0.05, 0.1) is 18.3 Å². The highest BCUT2D eigenvalue weighted by molar-refractivity contribution is 5.24. The smallest absolute Gasteiger partial charge is 0.123 e. The maximum absolute atomic E-state index is 13.1. The summed E-state index contributed by atoms with van der Waals surface area (Å²) >= 11 is 0. The number of halogens is 1. The highest BCUT2D eigenvalue weighted by Crippen LogP contribution is 2.32. The van der Waals surface area contributed by atoms with Crippen LogP contribution in [0, 0.1) is 5.82 Å². The van der Waals surface area contributed by atoms with Crippen LogP contribution in [0.25, 0.3) is 0 Å². The van der Waals surface area contributed by atoms with Gasteiger partial charge < -0.3 is 4.57 Å². The van der Waals surface area contributed by atoms with Gasteiger partial charge in [0.2, 0.25) is 0 Å². The number of pyridine rings is 1. The molecular weight excluding hydrogens is 339 g/mol. The van der Waals surface area contributed by atoms with E-state index >= 15 is 0 Å². The van der Waals surface area contributed by atoms with Crippen LogP contribution in [0.4, 0.5) is 4.39 Å². The average Bonchev–Trinajstić information content (AvgIpc) is 3.33. The van der Waals surface area contributed by atoms with Gasteiger partial charge in [0, 0.05) is 31.1 Å². The second-order valence-corrected chi connectivity index (χ2v) is 7.12. The van der Waals surface area contributed by atoms with Gasteiger partial charge in [-0.3, -0.25) is 9.88 Å². The van der Waals surface area contributed by atoms with E-state index in [9.17, 15) is 4.39 Å². The number of rotatable bonds is 6. The Morgan fingerprint density at radius 3 is 2.81 bits per heavy atom. The van der Waals surface area contributed by atoms with Crippen molar-refractivity contribution >= 4 is 0 Å². The van der Waals surface area contributed by atoms with Crippen molar-refractivity contribution in [3.63, 3.8) is 0 Å². The fourth-order valence-corrected chi connectivity index (χ4v) is 3.91. The van der Waals surface area contributed by atoms with Crippen LogP contribution in [0.15, 0.2) is 54.9 Å². The molecule has 1 aromatic carbocycles. The van der Waals surface area contributed by atoms with Gasteiger partial charge in [-0.05, 0) is 56.1 Å². The van der Waals surface area contributed by atoms with Crippen molar-refractivity contribution in [2.45, 2.75) is 45.3 Å². The van der Waals surface area contributed by atoms with Crippen LogP contribution in [-0.4, -0.2) is 26.0 Å².